The van der Waals surface area contributed by atoms with Crippen molar-refractivity contribution in [3.8, 4) is 0 Å². The number of aliphatic hydroxyl groups excluding tert-OH is 16. The average Bonchev–Trinajstić information content (AvgIpc) is 0.838. The third-order valence-electron chi connectivity index (χ3n) is 19.5. The second kappa shape index (κ2) is 52.4. The van der Waals surface area contributed by atoms with E-state index in [9.17, 15) is 139 Å². The Labute approximate surface area is 693 Å². The van der Waals surface area contributed by atoms with Crippen molar-refractivity contribution in [1.82, 2.24) is 0 Å². The highest BCUT2D eigenvalue weighted by atomic mass is 16.6. The second-order valence-electron chi connectivity index (χ2n) is 32.7. The summed E-state index contributed by atoms with van der Waals surface area (Å²) in [4.78, 5) is 159. The van der Waals surface area contributed by atoms with Gasteiger partial charge in [0.2, 0.25) is 0 Å². The standard InChI is InChI=1S/C75H128O45/c1-63(23-76,24-77)51(92)113-41-71(9,37-90)59(100)115-39-69(7,35-88)57(98)109-19-15-104-13-14-105-47-75(48-106-16-20-110-58(99)70(8,36-89)40-116-60(101)72(10,38-91)42-114-52(93)64(2,25-78)26-79,49-107-17-21-111-61(102)73(11,43-117-53(94)65(3,27-80)28-81)44-118-54(95)66(4,29-82)30-83)50-108-18-22-112-62(103)74(12,45-119-55(96)67(5,31-84)32-85)46-120-56(97)68(6,33-86)34-87/h76-91H,13-50H2,1-12H3. The molecule has 698 valence electrons. The number of carbonyl (C=O) groups excluding carboxylic acids is 12. The lowest BCUT2D eigenvalue weighted by atomic mass is 9.90. The maximum atomic E-state index is 14.0. The summed E-state index contributed by atoms with van der Waals surface area (Å²) < 4.78 is 93.5. The topological polar surface area (TPSA) is 685 Å². The summed E-state index contributed by atoms with van der Waals surface area (Å²) in [5.74, 6) is -14.2. The molecule has 0 aliphatic carbocycles. The van der Waals surface area contributed by atoms with E-state index in [1.807, 2.05) is 0 Å². The van der Waals surface area contributed by atoms with Gasteiger partial charge in [0, 0.05) is 0 Å². The van der Waals surface area contributed by atoms with E-state index in [1.54, 1.807) is 0 Å². The van der Waals surface area contributed by atoms with Crippen molar-refractivity contribution < 1.29 is 220 Å². The van der Waals surface area contributed by atoms with E-state index >= 15 is 0 Å². The first-order valence-corrected chi connectivity index (χ1v) is 37.7. The van der Waals surface area contributed by atoms with Crippen LogP contribution in [0.15, 0.2) is 0 Å². The van der Waals surface area contributed by atoms with Gasteiger partial charge >= 0.3 is 71.6 Å². The first kappa shape index (κ1) is 113. The van der Waals surface area contributed by atoms with E-state index in [2.05, 4.69) is 0 Å². The van der Waals surface area contributed by atoms with Crippen LogP contribution in [0.25, 0.3) is 0 Å². The molecule has 0 aromatic heterocycles. The summed E-state index contributed by atoms with van der Waals surface area (Å²) in [5.41, 5.74) is -24.8. The Bertz CT molecular complexity index is 3010. The monoisotopic (exact) mass is 1750 g/mol. The Morgan fingerprint density at radius 1 is 0.150 bits per heavy atom. The van der Waals surface area contributed by atoms with Crippen LogP contribution in [0, 0.1) is 70.4 Å². The van der Waals surface area contributed by atoms with Crippen molar-refractivity contribution in [3.05, 3.63) is 0 Å². The van der Waals surface area contributed by atoms with Crippen LogP contribution in [0.5, 0.6) is 0 Å². The van der Waals surface area contributed by atoms with E-state index in [0.29, 0.717) is 0 Å². The van der Waals surface area contributed by atoms with Gasteiger partial charge in [0.25, 0.3) is 0 Å². The van der Waals surface area contributed by atoms with Gasteiger partial charge in [-0.15, -0.1) is 0 Å². The second-order valence-corrected chi connectivity index (χ2v) is 32.7. The zero-order valence-corrected chi connectivity index (χ0v) is 70.4. The SMILES string of the molecule is CC(CO)(CO)C(=O)OCC(C)(CO)C(=O)OCC(C)(CO)C(=O)OCCOCCOCC(COCCOC(=O)C(C)(CO)COC(=O)C(C)(CO)COC(=O)C(C)(CO)CO)(COCCOC(=O)C(C)(COC(=O)C(C)(CO)CO)COC(=O)C(C)(CO)CO)COCCOC(=O)C(C)(COC(=O)C(C)(CO)CO)COC(=O)C(C)(CO)CO. The Balaban J connectivity index is 7.56. The van der Waals surface area contributed by atoms with Gasteiger partial charge in [-0.05, 0) is 83.1 Å². The van der Waals surface area contributed by atoms with Crippen LogP contribution >= 0.6 is 0 Å². The number of esters is 12. The molecule has 0 amide bonds. The summed E-state index contributed by atoms with van der Waals surface area (Å²) in [6.07, 6.45) is 0. The zero-order chi connectivity index (χ0) is 92.3. The van der Waals surface area contributed by atoms with Gasteiger partial charge < -0.3 is 162 Å². The van der Waals surface area contributed by atoms with Crippen LogP contribution in [0.1, 0.15) is 83.1 Å². The molecule has 45 heteroatoms. The van der Waals surface area contributed by atoms with Gasteiger partial charge in [0.15, 0.2) is 0 Å². The van der Waals surface area contributed by atoms with Crippen molar-refractivity contribution in [2.24, 2.45) is 70.4 Å². The summed E-state index contributed by atoms with van der Waals surface area (Å²) >= 11 is 0. The van der Waals surface area contributed by atoms with Gasteiger partial charge in [0.1, 0.15) is 144 Å². The Hall–Kier alpha value is -7.20. The van der Waals surface area contributed by atoms with Crippen LogP contribution in [-0.4, -0.2) is 404 Å². The molecule has 120 heavy (non-hydrogen) atoms. The molecule has 16 N–H and O–H groups in total. The Kier molecular flexibility index (Phi) is 49.3. The number of hydrogen-bond donors (Lipinski definition) is 16. The molecule has 0 aliphatic heterocycles. The predicted octanol–water partition coefficient (Wildman–Crippen LogP) is -7.47. The van der Waals surface area contributed by atoms with Crippen LogP contribution in [-0.2, 0) is 138 Å². The molecule has 0 heterocycles. The van der Waals surface area contributed by atoms with Crippen molar-refractivity contribution in [2.75, 3.05) is 251 Å². The quantitative estimate of drug-likeness (QED) is 0.0153. The molecule has 0 saturated carbocycles. The van der Waals surface area contributed by atoms with Crippen molar-refractivity contribution in [2.45, 2.75) is 83.1 Å². The van der Waals surface area contributed by atoms with Crippen molar-refractivity contribution in [3.63, 3.8) is 0 Å². The van der Waals surface area contributed by atoms with Gasteiger partial charge in [-0.25, -0.2) is 0 Å². The lowest BCUT2D eigenvalue weighted by Gasteiger charge is -2.33. The molecule has 0 spiro atoms. The van der Waals surface area contributed by atoms with E-state index < -0.39 is 373 Å². The molecular formula is C75H128O45. The minimum atomic E-state index is -2.10. The van der Waals surface area contributed by atoms with Crippen molar-refractivity contribution >= 4 is 71.6 Å². The van der Waals surface area contributed by atoms with Crippen LogP contribution in [0.2, 0.25) is 0 Å². The first-order chi connectivity index (χ1) is 56.0. The summed E-state index contributed by atoms with van der Waals surface area (Å²) in [7, 11) is 0. The fraction of sp³-hybridized carbons (Fsp3) is 0.840. The largest absolute Gasteiger partial charge is 0.464 e. The molecule has 4 atom stereocenters. The van der Waals surface area contributed by atoms with E-state index in [4.69, 9.17) is 80.5 Å². The highest BCUT2D eigenvalue weighted by molar-refractivity contribution is 5.84. The maximum absolute atomic E-state index is 14.0. The normalized spacial score (nSPS) is 14.6. The molecular weight excluding hydrogens is 1620 g/mol. The molecule has 0 bridgehead atoms. The van der Waals surface area contributed by atoms with Gasteiger partial charge in [-0.2, -0.15) is 0 Å². The van der Waals surface area contributed by atoms with Crippen molar-refractivity contribution in [1.29, 1.82) is 0 Å². The van der Waals surface area contributed by atoms with Crippen LogP contribution < -0.4 is 0 Å². The summed E-state index contributed by atoms with van der Waals surface area (Å²) in [5, 5.41) is 158. The minimum absolute atomic E-state index is 0.295. The molecule has 0 rings (SSSR count). The summed E-state index contributed by atoms with van der Waals surface area (Å²) in [6.45, 7) is -15.0. The highest BCUT2D eigenvalue weighted by Gasteiger charge is 2.49. The third-order valence-corrected chi connectivity index (χ3v) is 19.5. The summed E-state index contributed by atoms with van der Waals surface area (Å²) in [6, 6.07) is 0. The van der Waals surface area contributed by atoms with E-state index in [1.165, 1.54) is 20.8 Å². The van der Waals surface area contributed by atoms with Gasteiger partial charge in [0.05, 0.1) is 177 Å². The first-order valence-electron chi connectivity index (χ1n) is 37.7. The average molecular weight is 1750 g/mol. The van der Waals surface area contributed by atoms with E-state index in [-0.39, 0.29) is 19.8 Å². The van der Waals surface area contributed by atoms with E-state index in [0.717, 1.165) is 62.3 Å². The lowest BCUT2D eigenvalue weighted by molar-refractivity contribution is -0.182. The zero-order valence-electron chi connectivity index (χ0n) is 70.4. The number of hydrogen-bond acceptors (Lipinski definition) is 45. The number of aliphatic hydroxyl groups is 16. The lowest BCUT2D eigenvalue weighted by Crippen LogP contribution is -2.46. The van der Waals surface area contributed by atoms with Crippen LogP contribution in [0.3, 0.4) is 0 Å². The molecule has 0 saturated heterocycles. The Morgan fingerprint density at radius 3 is 0.433 bits per heavy atom. The van der Waals surface area contributed by atoms with Gasteiger partial charge in [-0.1, -0.05) is 0 Å². The molecule has 0 fully saturated rings. The molecule has 0 aliphatic rings. The predicted molar refractivity (Wildman–Crippen MR) is 399 cm³/mol. The number of ether oxygens (including phenoxy) is 17. The smallest absolute Gasteiger partial charge is 0.318 e. The number of rotatable bonds is 67. The number of carbonyl (C=O) groups is 12. The fourth-order valence-corrected chi connectivity index (χ4v) is 8.36. The Morgan fingerprint density at radius 2 is 0.267 bits per heavy atom. The molecule has 0 radical (unpaired) electrons. The minimum Gasteiger partial charge on any atom is -0.464 e. The van der Waals surface area contributed by atoms with Crippen LogP contribution in [0.4, 0.5) is 0 Å². The molecule has 0 aromatic rings. The maximum Gasteiger partial charge on any atom is 0.318 e. The molecule has 4 unspecified atom stereocenters. The molecule has 45 nitrogen and oxygen atoms in total. The fourth-order valence-electron chi connectivity index (χ4n) is 8.36. The third kappa shape index (κ3) is 33.5. The van der Waals surface area contributed by atoms with Gasteiger partial charge in [-0.3, -0.25) is 57.5 Å². The molecule has 0 aromatic carbocycles. The highest BCUT2D eigenvalue weighted by Crippen LogP contribution is 2.32.